The van der Waals surface area contributed by atoms with Crippen molar-refractivity contribution in [3.63, 3.8) is 0 Å². The number of carboxylic acid groups (broad SMARTS) is 1. The SMILES string of the molecule is CCc1c(C(=O)O)ccc(C(F)(C(F)(F)F)C(F)(F)F)c1S(=O)CC. The van der Waals surface area contributed by atoms with E-state index in [0.29, 0.717) is 6.07 Å². The molecule has 0 radical (unpaired) electrons. The first kappa shape index (κ1) is 21.4. The van der Waals surface area contributed by atoms with E-state index in [1.54, 1.807) is 0 Å². The summed E-state index contributed by atoms with van der Waals surface area (Å²) in [5, 5.41) is 9.05. The van der Waals surface area contributed by atoms with Gasteiger partial charge >= 0.3 is 24.0 Å². The van der Waals surface area contributed by atoms with Gasteiger partial charge in [-0.2, -0.15) is 26.3 Å². The van der Waals surface area contributed by atoms with Gasteiger partial charge in [-0.05, 0) is 18.1 Å². The van der Waals surface area contributed by atoms with E-state index in [1.165, 1.54) is 13.8 Å². The summed E-state index contributed by atoms with van der Waals surface area (Å²) in [6.45, 7) is 2.46. The van der Waals surface area contributed by atoms with Crippen LogP contribution in [0, 0.1) is 0 Å². The average molecular weight is 394 g/mol. The van der Waals surface area contributed by atoms with Gasteiger partial charge < -0.3 is 5.11 Å². The number of carboxylic acids is 1. The zero-order chi connectivity index (χ0) is 19.8. The van der Waals surface area contributed by atoms with E-state index in [2.05, 4.69) is 0 Å². The second-order valence-corrected chi connectivity index (χ2v) is 6.59. The fourth-order valence-corrected chi connectivity index (χ4v) is 3.59. The molecule has 1 atom stereocenters. The van der Waals surface area contributed by atoms with Crippen molar-refractivity contribution in [3.05, 3.63) is 28.8 Å². The molecule has 0 amide bonds. The molecule has 25 heavy (non-hydrogen) atoms. The molecule has 11 heteroatoms. The van der Waals surface area contributed by atoms with Crippen LogP contribution >= 0.6 is 0 Å². The smallest absolute Gasteiger partial charge is 0.435 e. The van der Waals surface area contributed by atoms with Crippen molar-refractivity contribution < 1.29 is 44.8 Å². The van der Waals surface area contributed by atoms with Gasteiger partial charge in [0.05, 0.1) is 16.4 Å². The van der Waals surface area contributed by atoms with Crippen LogP contribution in [0.1, 0.15) is 35.3 Å². The molecule has 0 fully saturated rings. The lowest BCUT2D eigenvalue weighted by Gasteiger charge is -2.32. The molecule has 3 nitrogen and oxygen atoms in total. The monoisotopic (exact) mass is 394 g/mol. The van der Waals surface area contributed by atoms with E-state index in [9.17, 15) is 39.7 Å². The third kappa shape index (κ3) is 3.51. The van der Waals surface area contributed by atoms with Crippen LogP contribution in [0.25, 0.3) is 0 Å². The molecule has 1 N–H and O–H groups in total. The topological polar surface area (TPSA) is 54.4 Å². The van der Waals surface area contributed by atoms with E-state index >= 15 is 0 Å². The number of aromatic carboxylic acids is 1. The van der Waals surface area contributed by atoms with Crippen LogP contribution in [0.15, 0.2) is 17.0 Å². The number of halogens is 7. The lowest BCUT2D eigenvalue weighted by molar-refractivity contribution is -0.349. The molecule has 0 saturated carbocycles. The molecule has 0 saturated heterocycles. The average Bonchev–Trinajstić information content (AvgIpc) is 2.49. The molecule has 0 heterocycles. The van der Waals surface area contributed by atoms with Crippen LogP contribution in [0.4, 0.5) is 30.7 Å². The molecule has 0 spiro atoms. The Morgan fingerprint density at radius 2 is 1.52 bits per heavy atom. The molecule has 1 rings (SSSR count). The van der Waals surface area contributed by atoms with Gasteiger partial charge in [0.15, 0.2) is 0 Å². The zero-order valence-electron chi connectivity index (χ0n) is 12.9. The van der Waals surface area contributed by atoms with Crippen LogP contribution in [0.5, 0.6) is 0 Å². The van der Waals surface area contributed by atoms with Crippen molar-refractivity contribution in [1.29, 1.82) is 0 Å². The van der Waals surface area contributed by atoms with Crippen molar-refractivity contribution in [2.24, 2.45) is 0 Å². The molecule has 0 aromatic heterocycles. The summed E-state index contributed by atoms with van der Waals surface area (Å²) in [6.07, 6.45) is -13.1. The van der Waals surface area contributed by atoms with Crippen LogP contribution < -0.4 is 0 Å². The fourth-order valence-electron chi connectivity index (χ4n) is 2.32. The Kier molecular flexibility index (Phi) is 5.93. The highest BCUT2D eigenvalue weighted by Gasteiger charge is 2.74. The molecular weight excluding hydrogens is 381 g/mol. The Hall–Kier alpha value is -1.65. The van der Waals surface area contributed by atoms with Gasteiger partial charge in [0.2, 0.25) is 0 Å². The van der Waals surface area contributed by atoms with Crippen molar-refractivity contribution in [1.82, 2.24) is 0 Å². The minimum atomic E-state index is -6.38. The first-order chi connectivity index (χ1) is 11.2. The third-order valence-electron chi connectivity index (χ3n) is 3.49. The lowest BCUT2D eigenvalue weighted by Crippen LogP contribution is -2.51. The second kappa shape index (κ2) is 6.93. The predicted octanol–water partition coefficient (Wildman–Crippen LogP) is 4.36. The maximum atomic E-state index is 14.4. The minimum Gasteiger partial charge on any atom is -0.478 e. The first-order valence-electron chi connectivity index (χ1n) is 6.84. The highest BCUT2D eigenvalue weighted by molar-refractivity contribution is 7.85. The molecule has 142 valence electrons. The quantitative estimate of drug-likeness (QED) is 0.755. The number of rotatable bonds is 5. The maximum absolute atomic E-state index is 14.4. The standard InChI is InChI=1S/C14H13F7O3S/c1-3-7-8(11(22)23)5-6-9(10(7)25(24)4-2)12(15,13(16,17)18)14(19,20)21/h5-6H,3-4H2,1-2H3,(H,22,23). The van der Waals surface area contributed by atoms with Crippen LogP contribution in [-0.2, 0) is 22.9 Å². The van der Waals surface area contributed by atoms with Gasteiger partial charge in [0.25, 0.3) is 0 Å². The Bertz CT molecular complexity index is 681. The Labute approximate surface area is 140 Å². The number of hydrogen-bond acceptors (Lipinski definition) is 2. The van der Waals surface area contributed by atoms with Crippen molar-refractivity contribution in [2.75, 3.05) is 5.75 Å². The molecule has 0 bridgehead atoms. The van der Waals surface area contributed by atoms with Crippen LogP contribution in [0.3, 0.4) is 0 Å². The molecule has 1 aromatic rings. The van der Waals surface area contributed by atoms with Gasteiger partial charge in [-0.3, -0.25) is 4.21 Å². The summed E-state index contributed by atoms with van der Waals surface area (Å²) in [6, 6.07) is 0.547. The Morgan fingerprint density at radius 1 is 1.04 bits per heavy atom. The molecule has 1 aromatic carbocycles. The fraction of sp³-hybridized carbons (Fsp3) is 0.500. The maximum Gasteiger partial charge on any atom is 0.435 e. The molecule has 0 aliphatic rings. The number of hydrogen-bond donors (Lipinski definition) is 1. The van der Waals surface area contributed by atoms with Crippen LogP contribution in [-0.4, -0.2) is 33.4 Å². The number of alkyl halides is 7. The predicted molar refractivity (Wildman–Crippen MR) is 74.6 cm³/mol. The van der Waals surface area contributed by atoms with Gasteiger partial charge in [0, 0.05) is 16.2 Å². The highest BCUT2D eigenvalue weighted by Crippen LogP contribution is 2.55. The van der Waals surface area contributed by atoms with E-state index in [1.807, 2.05) is 0 Å². The molecular formula is C14H13F7O3S. The highest BCUT2D eigenvalue weighted by atomic mass is 32.2. The summed E-state index contributed by atoms with van der Waals surface area (Å²) in [4.78, 5) is 10.1. The van der Waals surface area contributed by atoms with Gasteiger partial charge in [-0.15, -0.1) is 0 Å². The van der Waals surface area contributed by atoms with Crippen molar-refractivity contribution >= 4 is 16.8 Å². The van der Waals surface area contributed by atoms with Gasteiger partial charge in [-0.1, -0.05) is 19.9 Å². The Morgan fingerprint density at radius 3 is 1.84 bits per heavy atom. The van der Waals surface area contributed by atoms with Crippen molar-refractivity contribution in [3.8, 4) is 0 Å². The first-order valence-corrected chi connectivity index (χ1v) is 8.16. The summed E-state index contributed by atoms with van der Waals surface area (Å²) in [7, 11) is -2.46. The lowest BCUT2D eigenvalue weighted by atomic mass is 9.90. The minimum absolute atomic E-state index is 0.0898. The van der Waals surface area contributed by atoms with E-state index in [4.69, 9.17) is 5.11 Å². The van der Waals surface area contributed by atoms with Crippen molar-refractivity contribution in [2.45, 2.75) is 43.2 Å². The molecule has 0 aliphatic carbocycles. The molecule has 1 unspecified atom stereocenters. The number of benzene rings is 1. The third-order valence-corrected chi connectivity index (χ3v) is 4.93. The number of carbonyl (C=O) groups is 1. The zero-order valence-corrected chi connectivity index (χ0v) is 13.7. The summed E-state index contributed by atoms with van der Waals surface area (Å²) in [5.41, 5.74) is -8.83. The van der Waals surface area contributed by atoms with E-state index in [-0.39, 0.29) is 12.5 Å². The summed E-state index contributed by atoms with van der Waals surface area (Å²) in [5.74, 6) is -2.06. The van der Waals surface area contributed by atoms with Gasteiger partial charge in [0.1, 0.15) is 0 Å². The summed E-state index contributed by atoms with van der Waals surface area (Å²) >= 11 is 0. The van der Waals surface area contributed by atoms with Gasteiger partial charge in [-0.25, -0.2) is 9.18 Å². The van der Waals surface area contributed by atoms with E-state index in [0.717, 1.165) is 0 Å². The normalized spacial score (nSPS) is 14.4. The largest absolute Gasteiger partial charge is 0.478 e. The Balaban J connectivity index is 4.04. The van der Waals surface area contributed by atoms with Crippen LogP contribution in [0.2, 0.25) is 0 Å². The molecule has 0 aliphatic heterocycles. The second-order valence-electron chi connectivity index (χ2n) is 4.92. The summed E-state index contributed by atoms with van der Waals surface area (Å²) < 4.78 is 105. The van der Waals surface area contributed by atoms with E-state index < -0.39 is 62.1 Å².